The first-order valence-corrected chi connectivity index (χ1v) is 6.96. The van der Waals surface area contributed by atoms with Crippen LogP contribution in [0.3, 0.4) is 0 Å². The van der Waals surface area contributed by atoms with Gasteiger partial charge in [-0.2, -0.15) is 0 Å². The number of aromatic nitrogens is 1. The van der Waals surface area contributed by atoms with Gasteiger partial charge in [0.05, 0.1) is 5.69 Å². The summed E-state index contributed by atoms with van der Waals surface area (Å²) < 4.78 is 0. The first kappa shape index (κ1) is 11.9. The molecular formula is C12H21N3S. The normalized spacial score (nSPS) is 21.0. The smallest absolute Gasteiger partial charge is 0.183 e. The van der Waals surface area contributed by atoms with Crippen molar-refractivity contribution in [1.29, 1.82) is 0 Å². The molecule has 1 saturated heterocycles. The predicted octanol–water partition coefficient (Wildman–Crippen LogP) is 2.56. The van der Waals surface area contributed by atoms with Crippen molar-refractivity contribution in [2.24, 2.45) is 5.92 Å². The van der Waals surface area contributed by atoms with Gasteiger partial charge in [-0.1, -0.05) is 0 Å². The summed E-state index contributed by atoms with van der Waals surface area (Å²) in [6.45, 7) is 7.65. The van der Waals surface area contributed by atoms with Gasteiger partial charge in [0.1, 0.15) is 0 Å². The minimum absolute atomic E-state index is 0.850. The van der Waals surface area contributed by atoms with Gasteiger partial charge < -0.3 is 10.6 Å². The summed E-state index contributed by atoms with van der Waals surface area (Å²) in [6.07, 6.45) is 3.97. The number of hydrogen-bond donors (Lipinski definition) is 2. The summed E-state index contributed by atoms with van der Waals surface area (Å²) in [6, 6.07) is 0. The van der Waals surface area contributed by atoms with E-state index in [-0.39, 0.29) is 0 Å². The number of anilines is 1. The lowest BCUT2D eigenvalue weighted by Gasteiger charge is -2.22. The molecule has 1 unspecified atom stereocenters. The number of piperidine rings is 1. The van der Waals surface area contributed by atoms with Crippen molar-refractivity contribution in [3.63, 3.8) is 0 Å². The van der Waals surface area contributed by atoms with Crippen molar-refractivity contribution in [2.75, 3.05) is 25.0 Å². The minimum atomic E-state index is 0.850. The van der Waals surface area contributed by atoms with Gasteiger partial charge in [0.15, 0.2) is 5.13 Å². The maximum Gasteiger partial charge on any atom is 0.183 e. The van der Waals surface area contributed by atoms with Gasteiger partial charge in [-0.3, -0.25) is 0 Å². The molecule has 1 aromatic rings. The zero-order chi connectivity index (χ0) is 11.4. The molecule has 1 atom stereocenters. The van der Waals surface area contributed by atoms with Gasteiger partial charge in [0.25, 0.3) is 0 Å². The van der Waals surface area contributed by atoms with E-state index in [1.165, 1.54) is 37.2 Å². The SMILES string of the molecule is Cc1nc(NCCC2CCCNC2)sc1C. The first-order valence-electron chi connectivity index (χ1n) is 6.14. The third kappa shape index (κ3) is 3.19. The molecular weight excluding hydrogens is 218 g/mol. The van der Waals surface area contributed by atoms with E-state index in [0.717, 1.165) is 23.3 Å². The Hall–Kier alpha value is -0.610. The maximum atomic E-state index is 4.48. The van der Waals surface area contributed by atoms with Crippen LogP contribution in [0.1, 0.15) is 29.8 Å². The van der Waals surface area contributed by atoms with E-state index in [0.29, 0.717) is 0 Å². The molecule has 2 N–H and O–H groups in total. The van der Waals surface area contributed by atoms with Gasteiger partial charge in [-0.25, -0.2) is 4.98 Å². The summed E-state index contributed by atoms with van der Waals surface area (Å²) in [7, 11) is 0. The fourth-order valence-electron chi connectivity index (χ4n) is 2.10. The van der Waals surface area contributed by atoms with Crippen molar-refractivity contribution in [3.8, 4) is 0 Å². The molecule has 0 radical (unpaired) electrons. The summed E-state index contributed by atoms with van der Waals surface area (Å²) >= 11 is 1.76. The molecule has 0 bridgehead atoms. The third-order valence-electron chi connectivity index (χ3n) is 3.26. The lowest BCUT2D eigenvalue weighted by molar-refractivity contribution is 0.364. The average molecular weight is 239 g/mol. The largest absolute Gasteiger partial charge is 0.361 e. The Labute approximate surface area is 102 Å². The van der Waals surface area contributed by atoms with Crippen molar-refractivity contribution in [1.82, 2.24) is 10.3 Å². The Morgan fingerprint density at radius 1 is 1.50 bits per heavy atom. The third-order valence-corrected chi connectivity index (χ3v) is 4.29. The fraction of sp³-hybridized carbons (Fsp3) is 0.750. The summed E-state index contributed by atoms with van der Waals surface area (Å²) in [4.78, 5) is 5.81. The Kier molecular flexibility index (Phi) is 4.18. The highest BCUT2D eigenvalue weighted by Gasteiger charge is 2.12. The Morgan fingerprint density at radius 3 is 3.00 bits per heavy atom. The molecule has 90 valence electrons. The van der Waals surface area contributed by atoms with Crippen LogP contribution < -0.4 is 10.6 Å². The van der Waals surface area contributed by atoms with E-state index in [2.05, 4.69) is 29.5 Å². The van der Waals surface area contributed by atoms with Gasteiger partial charge in [0.2, 0.25) is 0 Å². The molecule has 16 heavy (non-hydrogen) atoms. The van der Waals surface area contributed by atoms with Crippen LogP contribution in [0.4, 0.5) is 5.13 Å². The number of thiazole rings is 1. The van der Waals surface area contributed by atoms with E-state index in [1.807, 2.05) is 0 Å². The van der Waals surface area contributed by atoms with E-state index in [4.69, 9.17) is 0 Å². The monoisotopic (exact) mass is 239 g/mol. The van der Waals surface area contributed by atoms with Gasteiger partial charge >= 0.3 is 0 Å². The van der Waals surface area contributed by atoms with Gasteiger partial charge in [0, 0.05) is 11.4 Å². The van der Waals surface area contributed by atoms with Crippen LogP contribution in [0.25, 0.3) is 0 Å². The minimum Gasteiger partial charge on any atom is -0.361 e. The summed E-state index contributed by atoms with van der Waals surface area (Å²) in [5.41, 5.74) is 1.16. The molecule has 1 aliphatic rings. The molecule has 2 heterocycles. The average Bonchev–Trinajstić information content (AvgIpc) is 2.60. The Bertz CT molecular complexity index is 310. The van der Waals surface area contributed by atoms with Crippen LogP contribution in [0.2, 0.25) is 0 Å². The number of aryl methyl sites for hydroxylation is 2. The van der Waals surface area contributed by atoms with E-state index < -0.39 is 0 Å². The molecule has 0 amide bonds. The standard InChI is InChI=1S/C12H21N3S/c1-9-10(2)16-12(15-9)14-7-5-11-4-3-6-13-8-11/h11,13H,3-8H2,1-2H3,(H,14,15). The second kappa shape index (κ2) is 5.64. The van der Waals surface area contributed by atoms with Crippen molar-refractivity contribution < 1.29 is 0 Å². The van der Waals surface area contributed by atoms with E-state index >= 15 is 0 Å². The van der Waals surface area contributed by atoms with Gasteiger partial charge in [-0.05, 0) is 52.1 Å². The highest BCUT2D eigenvalue weighted by atomic mass is 32.1. The highest BCUT2D eigenvalue weighted by Crippen LogP contribution is 2.21. The van der Waals surface area contributed by atoms with Crippen molar-refractivity contribution in [3.05, 3.63) is 10.6 Å². The second-order valence-electron chi connectivity index (χ2n) is 4.59. The fourth-order valence-corrected chi connectivity index (χ4v) is 2.94. The molecule has 1 aliphatic heterocycles. The zero-order valence-corrected chi connectivity index (χ0v) is 11.0. The molecule has 3 nitrogen and oxygen atoms in total. The molecule has 1 fully saturated rings. The van der Waals surface area contributed by atoms with Gasteiger partial charge in [-0.15, -0.1) is 11.3 Å². The molecule has 0 aromatic carbocycles. The van der Waals surface area contributed by atoms with Crippen LogP contribution in [-0.4, -0.2) is 24.6 Å². The lowest BCUT2D eigenvalue weighted by Crippen LogP contribution is -2.30. The number of nitrogens with zero attached hydrogens (tertiary/aromatic N) is 1. The number of nitrogens with one attached hydrogen (secondary N) is 2. The first-order chi connectivity index (χ1) is 7.75. The number of rotatable bonds is 4. The van der Waals surface area contributed by atoms with Crippen LogP contribution in [0, 0.1) is 19.8 Å². The molecule has 0 aliphatic carbocycles. The Morgan fingerprint density at radius 2 is 2.38 bits per heavy atom. The molecule has 2 rings (SSSR count). The van der Waals surface area contributed by atoms with Crippen molar-refractivity contribution >= 4 is 16.5 Å². The summed E-state index contributed by atoms with van der Waals surface area (Å²) in [5.74, 6) is 0.850. The van der Waals surface area contributed by atoms with E-state index in [1.54, 1.807) is 11.3 Å². The topological polar surface area (TPSA) is 37.0 Å². The van der Waals surface area contributed by atoms with Crippen molar-refractivity contribution in [2.45, 2.75) is 33.1 Å². The highest BCUT2D eigenvalue weighted by molar-refractivity contribution is 7.15. The lowest BCUT2D eigenvalue weighted by atomic mass is 9.96. The van der Waals surface area contributed by atoms with E-state index in [9.17, 15) is 0 Å². The second-order valence-corrected chi connectivity index (χ2v) is 5.79. The zero-order valence-electron chi connectivity index (χ0n) is 10.2. The molecule has 1 aromatic heterocycles. The molecule has 4 heteroatoms. The predicted molar refractivity (Wildman–Crippen MR) is 70.3 cm³/mol. The van der Waals surface area contributed by atoms with Crippen LogP contribution in [-0.2, 0) is 0 Å². The molecule has 0 spiro atoms. The van der Waals surface area contributed by atoms with Crippen LogP contribution in [0.15, 0.2) is 0 Å². The van der Waals surface area contributed by atoms with Crippen LogP contribution in [0.5, 0.6) is 0 Å². The Balaban J connectivity index is 1.71. The number of hydrogen-bond acceptors (Lipinski definition) is 4. The molecule has 0 saturated carbocycles. The quantitative estimate of drug-likeness (QED) is 0.848. The summed E-state index contributed by atoms with van der Waals surface area (Å²) in [5, 5.41) is 7.97. The van der Waals surface area contributed by atoms with Crippen LogP contribution >= 0.6 is 11.3 Å². The maximum absolute atomic E-state index is 4.48.